The second-order valence-electron chi connectivity index (χ2n) is 6.52. The average molecular weight is 361 g/mol. The van der Waals surface area contributed by atoms with Crippen molar-refractivity contribution in [3.63, 3.8) is 0 Å². The standard InChI is InChI=1S/C20H21F2NO3/c1-13(16-10-9-15(21)11-17(16)22)23-18(24)12-26-19(25)20(2,3)14-7-5-4-6-8-14/h4-11,13H,12H2,1-3H3,(H,23,24). The number of hydrogen-bond donors (Lipinski definition) is 1. The van der Waals surface area contributed by atoms with Crippen LogP contribution in [0.3, 0.4) is 0 Å². The molecule has 0 aliphatic rings. The van der Waals surface area contributed by atoms with Crippen LogP contribution in [0.1, 0.15) is 37.9 Å². The van der Waals surface area contributed by atoms with E-state index in [-0.39, 0.29) is 5.56 Å². The van der Waals surface area contributed by atoms with E-state index >= 15 is 0 Å². The molecule has 0 aliphatic heterocycles. The number of hydrogen-bond acceptors (Lipinski definition) is 3. The Labute approximate surface area is 151 Å². The van der Waals surface area contributed by atoms with Crippen molar-refractivity contribution in [2.45, 2.75) is 32.2 Å². The third-order valence-electron chi connectivity index (χ3n) is 4.15. The van der Waals surface area contributed by atoms with E-state index < -0.39 is 41.6 Å². The number of nitrogens with one attached hydrogen (secondary N) is 1. The largest absolute Gasteiger partial charge is 0.455 e. The molecule has 0 aliphatic carbocycles. The number of esters is 1. The highest BCUT2D eigenvalue weighted by Gasteiger charge is 2.31. The first-order valence-electron chi connectivity index (χ1n) is 8.19. The molecule has 1 N–H and O–H groups in total. The lowest BCUT2D eigenvalue weighted by atomic mass is 9.85. The third-order valence-corrected chi connectivity index (χ3v) is 4.15. The summed E-state index contributed by atoms with van der Waals surface area (Å²) >= 11 is 0. The van der Waals surface area contributed by atoms with Crippen LogP contribution >= 0.6 is 0 Å². The van der Waals surface area contributed by atoms with Gasteiger partial charge in [0.2, 0.25) is 0 Å². The summed E-state index contributed by atoms with van der Waals surface area (Å²) in [5.41, 5.74) is 0.0128. The lowest BCUT2D eigenvalue weighted by molar-refractivity contribution is -0.153. The number of amides is 1. The van der Waals surface area contributed by atoms with Crippen molar-refractivity contribution >= 4 is 11.9 Å². The highest BCUT2D eigenvalue weighted by molar-refractivity contribution is 5.85. The maximum absolute atomic E-state index is 13.7. The minimum Gasteiger partial charge on any atom is -0.455 e. The topological polar surface area (TPSA) is 55.4 Å². The highest BCUT2D eigenvalue weighted by Crippen LogP contribution is 2.24. The van der Waals surface area contributed by atoms with E-state index in [0.29, 0.717) is 0 Å². The second kappa shape index (κ2) is 8.08. The number of rotatable bonds is 6. The van der Waals surface area contributed by atoms with Crippen molar-refractivity contribution in [2.75, 3.05) is 6.61 Å². The predicted molar refractivity (Wildman–Crippen MR) is 93.3 cm³/mol. The fraction of sp³-hybridized carbons (Fsp3) is 0.300. The van der Waals surface area contributed by atoms with Crippen molar-refractivity contribution in [2.24, 2.45) is 0 Å². The lowest BCUT2D eigenvalue weighted by Gasteiger charge is -2.23. The van der Waals surface area contributed by atoms with Crippen LogP contribution in [-0.4, -0.2) is 18.5 Å². The smallest absolute Gasteiger partial charge is 0.316 e. The van der Waals surface area contributed by atoms with E-state index in [4.69, 9.17) is 4.74 Å². The number of carbonyl (C=O) groups excluding carboxylic acids is 2. The van der Waals surface area contributed by atoms with Gasteiger partial charge in [0, 0.05) is 11.6 Å². The van der Waals surface area contributed by atoms with Gasteiger partial charge in [-0.15, -0.1) is 0 Å². The van der Waals surface area contributed by atoms with Crippen molar-refractivity contribution in [3.05, 3.63) is 71.3 Å². The summed E-state index contributed by atoms with van der Waals surface area (Å²) in [4.78, 5) is 24.3. The van der Waals surface area contributed by atoms with Crippen LogP contribution < -0.4 is 5.32 Å². The van der Waals surface area contributed by atoms with Crippen molar-refractivity contribution < 1.29 is 23.1 Å². The molecule has 0 heterocycles. The fourth-order valence-electron chi connectivity index (χ4n) is 2.50. The average Bonchev–Trinajstić information content (AvgIpc) is 2.60. The molecule has 1 atom stereocenters. The molecular weight excluding hydrogens is 340 g/mol. The molecule has 1 unspecified atom stereocenters. The Morgan fingerprint density at radius 2 is 1.77 bits per heavy atom. The molecule has 2 rings (SSSR count). The number of ether oxygens (including phenoxy) is 1. The van der Waals surface area contributed by atoms with Gasteiger partial charge in [0.25, 0.3) is 5.91 Å². The quantitative estimate of drug-likeness (QED) is 0.799. The fourth-order valence-corrected chi connectivity index (χ4v) is 2.50. The molecule has 6 heteroatoms. The summed E-state index contributed by atoms with van der Waals surface area (Å²) in [6.07, 6.45) is 0. The van der Waals surface area contributed by atoms with Crippen LogP contribution in [0, 0.1) is 11.6 Å². The minimum atomic E-state index is -0.907. The summed E-state index contributed by atoms with van der Waals surface area (Å²) in [5, 5.41) is 2.52. The molecule has 1 amide bonds. The molecule has 0 saturated carbocycles. The van der Waals surface area contributed by atoms with E-state index in [1.165, 1.54) is 6.07 Å². The van der Waals surface area contributed by atoms with Gasteiger partial charge in [-0.2, -0.15) is 0 Å². The summed E-state index contributed by atoms with van der Waals surface area (Å²) in [6.45, 7) is 4.49. The maximum Gasteiger partial charge on any atom is 0.316 e. The minimum absolute atomic E-state index is 0.149. The molecule has 26 heavy (non-hydrogen) atoms. The Kier molecular flexibility index (Phi) is 6.08. The normalized spacial score (nSPS) is 12.3. The van der Waals surface area contributed by atoms with Gasteiger partial charge in [0.15, 0.2) is 6.61 Å². The number of carbonyl (C=O) groups is 2. The predicted octanol–water partition coefficient (Wildman–Crippen LogP) is 3.66. The van der Waals surface area contributed by atoms with Crippen LogP contribution in [-0.2, 0) is 19.7 Å². The van der Waals surface area contributed by atoms with Crippen LogP contribution in [0.25, 0.3) is 0 Å². The SMILES string of the molecule is CC(NC(=O)COC(=O)C(C)(C)c1ccccc1)c1ccc(F)cc1F. The van der Waals surface area contributed by atoms with Crippen LogP contribution in [0.2, 0.25) is 0 Å². The Morgan fingerprint density at radius 3 is 2.38 bits per heavy atom. The summed E-state index contributed by atoms with van der Waals surface area (Å²) in [6, 6.07) is 11.5. The molecule has 0 spiro atoms. The maximum atomic E-state index is 13.7. The Hall–Kier alpha value is -2.76. The molecule has 0 aromatic heterocycles. The Morgan fingerprint density at radius 1 is 1.12 bits per heavy atom. The third kappa shape index (κ3) is 4.65. The molecular formula is C20H21F2NO3. The van der Waals surface area contributed by atoms with Crippen LogP contribution in [0.4, 0.5) is 8.78 Å². The van der Waals surface area contributed by atoms with E-state index in [1.54, 1.807) is 32.9 Å². The molecule has 2 aromatic rings. The van der Waals surface area contributed by atoms with Gasteiger partial charge >= 0.3 is 5.97 Å². The number of halogens is 2. The van der Waals surface area contributed by atoms with E-state index in [9.17, 15) is 18.4 Å². The monoisotopic (exact) mass is 361 g/mol. The highest BCUT2D eigenvalue weighted by atomic mass is 19.1. The molecule has 138 valence electrons. The van der Waals surface area contributed by atoms with Gasteiger partial charge in [-0.25, -0.2) is 8.78 Å². The number of benzene rings is 2. The summed E-state index contributed by atoms with van der Waals surface area (Å²) in [5.74, 6) is -2.56. The van der Waals surface area contributed by atoms with Gasteiger partial charge in [-0.3, -0.25) is 9.59 Å². The second-order valence-corrected chi connectivity index (χ2v) is 6.52. The zero-order chi connectivity index (χ0) is 19.3. The zero-order valence-corrected chi connectivity index (χ0v) is 14.9. The molecule has 0 fully saturated rings. The van der Waals surface area contributed by atoms with Gasteiger partial charge in [-0.05, 0) is 32.4 Å². The molecule has 4 nitrogen and oxygen atoms in total. The Bertz CT molecular complexity index is 791. The van der Waals surface area contributed by atoms with E-state index in [2.05, 4.69) is 5.32 Å². The van der Waals surface area contributed by atoms with Gasteiger partial charge in [0.1, 0.15) is 11.6 Å². The van der Waals surface area contributed by atoms with Crippen LogP contribution in [0.15, 0.2) is 48.5 Å². The van der Waals surface area contributed by atoms with Gasteiger partial charge in [0.05, 0.1) is 11.5 Å². The van der Waals surface area contributed by atoms with E-state index in [1.807, 2.05) is 18.2 Å². The zero-order valence-electron chi connectivity index (χ0n) is 14.9. The van der Waals surface area contributed by atoms with E-state index in [0.717, 1.165) is 17.7 Å². The van der Waals surface area contributed by atoms with Gasteiger partial charge in [-0.1, -0.05) is 36.4 Å². The first-order valence-corrected chi connectivity index (χ1v) is 8.19. The van der Waals surface area contributed by atoms with Crippen molar-refractivity contribution in [3.8, 4) is 0 Å². The molecule has 0 saturated heterocycles. The molecule has 0 bridgehead atoms. The van der Waals surface area contributed by atoms with Gasteiger partial charge < -0.3 is 10.1 Å². The molecule has 0 radical (unpaired) electrons. The summed E-state index contributed by atoms with van der Waals surface area (Å²) < 4.78 is 31.8. The summed E-state index contributed by atoms with van der Waals surface area (Å²) in [7, 11) is 0. The lowest BCUT2D eigenvalue weighted by Crippen LogP contribution is -2.36. The Balaban J connectivity index is 1.93. The first kappa shape index (κ1) is 19.6. The van der Waals surface area contributed by atoms with Crippen molar-refractivity contribution in [1.29, 1.82) is 0 Å². The van der Waals surface area contributed by atoms with Crippen LogP contribution in [0.5, 0.6) is 0 Å². The molecule has 2 aromatic carbocycles. The first-order chi connectivity index (χ1) is 12.2. The van der Waals surface area contributed by atoms with Crippen molar-refractivity contribution in [1.82, 2.24) is 5.32 Å².